The Labute approximate surface area is 130 Å². The van der Waals surface area contributed by atoms with Crippen LogP contribution in [0, 0.1) is 0 Å². The Bertz CT molecular complexity index is 670. The summed E-state index contributed by atoms with van der Waals surface area (Å²) in [7, 11) is 0. The van der Waals surface area contributed by atoms with Crippen molar-refractivity contribution in [1.82, 2.24) is 15.3 Å². The number of rotatable bonds is 2. The lowest BCUT2D eigenvalue weighted by Gasteiger charge is -2.25. The highest BCUT2D eigenvalue weighted by Crippen LogP contribution is 2.29. The second-order valence-electron chi connectivity index (χ2n) is 6.08. The number of nitrogens with two attached hydrogens (primary N) is 1. The van der Waals surface area contributed by atoms with Gasteiger partial charge in [-0.05, 0) is 19.4 Å². The van der Waals surface area contributed by atoms with Gasteiger partial charge in [0.25, 0.3) is 0 Å². The molecule has 0 unspecified atom stereocenters. The summed E-state index contributed by atoms with van der Waals surface area (Å²) in [4.78, 5) is 12.0. The first kappa shape index (κ1) is 13.7. The van der Waals surface area contributed by atoms with E-state index in [4.69, 9.17) is 15.7 Å². The molecule has 0 radical (unpaired) electrons. The summed E-state index contributed by atoms with van der Waals surface area (Å²) in [6.07, 6.45) is 2.03. The number of nitrogens with one attached hydrogen (secondary N) is 1. The maximum absolute atomic E-state index is 6.09. The van der Waals surface area contributed by atoms with Gasteiger partial charge in [0.2, 0.25) is 0 Å². The van der Waals surface area contributed by atoms with E-state index in [9.17, 15) is 0 Å². The van der Waals surface area contributed by atoms with Crippen molar-refractivity contribution in [3.05, 3.63) is 41.6 Å². The van der Waals surface area contributed by atoms with Crippen LogP contribution < -0.4 is 16.0 Å². The van der Waals surface area contributed by atoms with E-state index in [1.165, 1.54) is 5.56 Å². The molecule has 0 bridgehead atoms. The van der Waals surface area contributed by atoms with Crippen LogP contribution in [0.1, 0.15) is 17.7 Å². The van der Waals surface area contributed by atoms with Crippen molar-refractivity contribution in [3.63, 3.8) is 0 Å². The molecule has 4 rings (SSSR count). The van der Waals surface area contributed by atoms with Gasteiger partial charge in [0.05, 0.1) is 5.69 Å². The first-order valence-corrected chi connectivity index (χ1v) is 7.98. The van der Waals surface area contributed by atoms with E-state index in [0.29, 0.717) is 0 Å². The molecule has 3 heterocycles. The molecule has 2 aliphatic rings. The van der Waals surface area contributed by atoms with Crippen LogP contribution in [0.15, 0.2) is 30.3 Å². The fraction of sp³-hybridized carbons (Fsp3) is 0.412. The topological polar surface area (TPSA) is 67.1 Å². The molecule has 1 saturated heterocycles. The molecular formula is C17H21N5. The smallest absolute Gasteiger partial charge is 0.161 e. The average molecular weight is 295 g/mol. The lowest BCUT2D eigenvalue weighted by Crippen LogP contribution is -2.31. The Hall–Kier alpha value is -1.98. The Morgan fingerprint density at radius 2 is 2.05 bits per heavy atom. The summed E-state index contributed by atoms with van der Waals surface area (Å²) >= 11 is 0. The van der Waals surface area contributed by atoms with Crippen LogP contribution >= 0.6 is 0 Å². The Morgan fingerprint density at radius 1 is 1.18 bits per heavy atom. The number of benzene rings is 1. The van der Waals surface area contributed by atoms with Crippen LogP contribution in [0.25, 0.3) is 11.4 Å². The molecule has 0 saturated carbocycles. The number of nitrogens with zero attached hydrogens (tertiary/aromatic N) is 3. The molecule has 0 aliphatic carbocycles. The minimum absolute atomic E-state index is 0.257. The minimum Gasteiger partial charge on any atom is -0.355 e. The number of aromatic nitrogens is 2. The summed E-state index contributed by atoms with van der Waals surface area (Å²) in [5, 5.41) is 3.41. The number of hydrogen-bond donors (Lipinski definition) is 2. The number of fused-ring (bicyclic) bond motifs is 1. The number of anilines is 1. The third kappa shape index (κ3) is 2.46. The van der Waals surface area contributed by atoms with Gasteiger partial charge in [-0.1, -0.05) is 30.3 Å². The molecule has 1 aromatic heterocycles. The fourth-order valence-electron chi connectivity index (χ4n) is 3.30. The fourth-order valence-corrected chi connectivity index (χ4v) is 3.30. The molecule has 22 heavy (non-hydrogen) atoms. The highest BCUT2D eigenvalue weighted by Gasteiger charge is 2.26. The van der Waals surface area contributed by atoms with Crippen molar-refractivity contribution in [2.45, 2.75) is 25.4 Å². The van der Waals surface area contributed by atoms with Gasteiger partial charge in [-0.2, -0.15) is 0 Å². The summed E-state index contributed by atoms with van der Waals surface area (Å²) in [6.45, 7) is 3.70. The van der Waals surface area contributed by atoms with Gasteiger partial charge < -0.3 is 16.0 Å². The van der Waals surface area contributed by atoms with E-state index >= 15 is 0 Å². The Morgan fingerprint density at radius 3 is 2.82 bits per heavy atom. The zero-order valence-electron chi connectivity index (χ0n) is 12.6. The third-order valence-corrected chi connectivity index (χ3v) is 4.47. The van der Waals surface area contributed by atoms with Crippen molar-refractivity contribution in [3.8, 4) is 11.4 Å². The van der Waals surface area contributed by atoms with Crippen LogP contribution in [-0.4, -0.2) is 35.6 Å². The third-order valence-electron chi connectivity index (χ3n) is 4.47. The van der Waals surface area contributed by atoms with Crippen molar-refractivity contribution >= 4 is 5.82 Å². The summed E-state index contributed by atoms with van der Waals surface area (Å²) in [6, 6.07) is 10.5. The first-order chi connectivity index (χ1) is 10.8. The molecule has 5 heteroatoms. The highest BCUT2D eigenvalue weighted by atomic mass is 15.2. The van der Waals surface area contributed by atoms with E-state index in [1.54, 1.807) is 0 Å². The quantitative estimate of drug-likeness (QED) is 0.875. The van der Waals surface area contributed by atoms with E-state index in [-0.39, 0.29) is 6.04 Å². The summed E-state index contributed by atoms with van der Waals surface area (Å²) < 4.78 is 0. The molecule has 2 aromatic rings. The molecule has 114 valence electrons. The Balaban J connectivity index is 1.81. The lowest BCUT2D eigenvalue weighted by molar-refractivity contribution is 0.621. The minimum atomic E-state index is 0.257. The van der Waals surface area contributed by atoms with Crippen molar-refractivity contribution in [2.75, 3.05) is 24.5 Å². The van der Waals surface area contributed by atoms with Gasteiger partial charge in [-0.3, -0.25) is 0 Å². The summed E-state index contributed by atoms with van der Waals surface area (Å²) in [5.74, 6) is 1.91. The van der Waals surface area contributed by atoms with Crippen LogP contribution in [0.5, 0.6) is 0 Å². The van der Waals surface area contributed by atoms with Crippen molar-refractivity contribution < 1.29 is 0 Å². The SMILES string of the molecule is N[C@@H]1CCN(c2nc(-c3ccccc3)nc3c2CCNC3)C1. The first-order valence-electron chi connectivity index (χ1n) is 7.98. The molecule has 0 amide bonds. The van der Waals surface area contributed by atoms with E-state index in [1.807, 2.05) is 18.2 Å². The number of hydrogen-bond acceptors (Lipinski definition) is 5. The molecule has 2 aliphatic heterocycles. The molecule has 0 spiro atoms. The molecule has 1 aromatic carbocycles. The lowest BCUT2D eigenvalue weighted by atomic mass is 10.1. The monoisotopic (exact) mass is 295 g/mol. The zero-order chi connectivity index (χ0) is 14.9. The predicted octanol–water partition coefficient (Wildman–Crippen LogP) is 1.33. The molecule has 3 N–H and O–H groups in total. The van der Waals surface area contributed by atoms with E-state index in [0.717, 1.165) is 61.9 Å². The summed E-state index contributed by atoms with van der Waals surface area (Å²) in [5.41, 5.74) is 9.59. The normalized spacial score (nSPS) is 21.0. The molecular weight excluding hydrogens is 274 g/mol. The van der Waals surface area contributed by atoms with Gasteiger partial charge in [-0.15, -0.1) is 0 Å². The van der Waals surface area contributed by atoms with Crippen LogP contribution in [0.2, 0.25) is 0 Å². The second kappa shape index (κ2) is 5.66. The maximum atomic E-state index is 6.09. The highest BCUT2D eigenvalue weighted by molar-refractivity contribution is 5.61. The van der Waals surface area contributed by atoms with Crippen LogP contribution in [0.4, 0.5) is 5.82 Å². The zero-order valence-corrected chi connectivity index (χ0v) is 12.6. The van der Waals surface area contributed by atoms with Crippen LogP contribution in [-0.2, 0) is 13.0 Å². The van der Waals surface area contributed by atoms with Gasteiger partial charge in [0, 0.05) is 36.8 Å². The molecule has 1 fully saturated rings. The van der Waals surface area contributed by atoms with E-state index < -0.39 is 0 Å². The van der Waals surface area contributed by atoms with Crippen LogP contribution in [0.3, 0.4) is 0 Å². The van der Waals surface area contributed by atoms with Crippen molar-refractivity contribution in [1.29, 1.82) is 0 Å². The largest absolute Gasteiger partial charge is 0.355 e. The van der Waals surface area contributed by atoms with Gasteiger partial charge in [0.1, 0.15) is 5.82 Å². The van der Waals surface area contributed by atoms with Crippen molar-refractivity contribution in [2.24, 2.45) is 5.73 Å². The van der Waals surface area contributed by atoms with Gasteiger partial charge in [0.15, 0.2) is 5.82 Å². The molecule has 1 atom stereocenters. The average Bonchev–Trinajstić information content (AvgIpc) is 3.01. The van der Waals surface area contributed by atoms with Gasteiger partial charge in [-0.25, -0.2) is 9.97 Å². The maximum Gasteiger partial charge on any atom is 0.161 e. The second-order valence-corrected chi connectivity index (χ2v) is 6.08. The van der Waals surface area contributed by atoms with Gasteiger partial charge >= 0.3 is 0 Å². The molecule has 5 nitrogen and oxygen atoms in total. The standard InChI is InChI=1S/C17H21N5/c18-13-7-9-22(11-13)17-14-6-8-19-10-15(14)20-16(21-17)12-4-2-1-3-5-12/h1-5,13,19H,6-11,18H2/t13-/m1/s1. The predicted molar refractivity (Wildman–Crippen MR) is 87.7 cm³/mol. The Kier molecular flexibility index (Phi) is 3.52. The van der Waals surface area contributed by atoms with E-state index in [2.05, 4.69) is 22.3 Å².